The van der Waals surface area contributed by atoms with Crippen LogP contribution < -0.4 is 0 Å². The predicted molar refractivity (Wildman–Crippen MR) is 48.5 cm³/mol. The van der Waals surface area contributed by atoms with Crippen LogP contribution in [0.2, 0.25) is 0 Å². The van der Waals surface area contributed by atoms with E-state index in [0.29, 0.717) is 0 Å². The Morgan fingerprint density at radius 2 is 2.09 bits per heavy atom. The van der Waals surface area contributed by atoms with Crippen molar-refractivity contribution in [1.29, 1.82) is 0 Å². The molecule has 0 N–H and O–H groups in total. The third kappa shape index (κ3) is 7.31. The van der Waals surface area contributed by atoms with Gasteiger partial charge in [-0.05, 0) is 33.1 Å². The summed E-state index contributed by atoms with van der Waals surface area (Å²) in [5.74, 6) is 0.237. The quantitative estimate of drug-likeness (QED) is 0.338. The number of carbonyl (C=O) groups is 1. The van der Waals surface area contributed by atoms with Gasteiger partial charge in [0, 0.05) is 5.92 Å². The summed E-state index contributed by atoms with van der Waals surface area (Å²) in [5, 5.41) is 0. The molecule has 0 aliphatic rings. The van der Waals surface area contributed by atoms with Gasteiger partial charge in [0.2, 0.25) is 0 Å². The molecule has 1 atom stereocenters. The van der Waals surface area contributed by atoms with Gasteiger partial charge in [0.05, 0.1) is 0 Å². The molecule has 0 spiro atoms. The summed E-state index contributed by atoms with van der Waals surface area (Å²) in [5.41, 5.74) is 1.36. The average molecular weight is 154 g/mol. The van der Waals surface area contributed by atoms with E-state index in [4.69, 9.17) is 0 Å². The van der Waals surface area contributed by atoms with Crippen molar-refractivity contribution in [2.24, 2.45) is 5.92 Å². The van der Waals surface area contributed by atoms with Crippen LogP contribution in [0.1, 0.15) is 40.0 Å². The van der Waals surface area contributed by atoms with Crippen molar-refractivity contribution >= 4 is 6.29 Å². The lowest BCUT2D eigenvalue weighted by Crippen LogP contribution is -1.94. The summed E-state index contributed by atoms with van der Waals surface area (Å²) in [4.78, 5) is 10.2. The molecule has 1 unspecified atom stereocenters. The molecule has 64 valence electrons. The first-order valence-electron chi connectivity index (χ1n) is 4.25. The highest BCUT2D eigenvalue weighted by Gasteiger charge is 1.96. The van der Waals surface area contributed by atoms with Crippen LogP contribution in [0, 0.1) is 5.92 Å². The highest BCUT2D eigenvalue weighted by atomic mass is 16.1. The molecule has 0 fully saturated rings. The van der Waals surface area contributed by atoms with Gasteiger partial charge in [0.25, 0.3) is 0 Å². The molecule has 0 aliphatic carbocycles. The van der Waals surface area contributed by atoms with E-state index >= 15 is 0 Å². The number of carbonyl (C=O) groups excluding carboxylic acids is 1. The number of hydrogen-bond donors (Lipinski definition) is 0. The summed E-state index contributed by atoms with van der Waals surface area (Å²) < 4.78 is 0. The number of allylic oxidation sites excluding steroid dienone is 2. The minimum atomic E-state index is 0.237. The molecule has 0 aromatic heterocycles. The molecule has 0 saturated carbocycles. The van der Waals surface area contributed by atoms with Crippen molar-refractivity contribution in [3.8, 4) is 0 Å². The maximum absolute atomic E-state index is 10.2. The fraction of sp³-hybridized carbons (Fsp3) is 0.700. The highest BCUT2D eigenvalue weighted by Crippen LogP contribution is 2.06. The van der Waals surface area contributed by atoms with Crippen molar-refractivity contribution in [2.75, 3.05) is 0 Å². The summed E-state index contributed by atoms with van der Waals surface area (Å²) in [6.45, 7) is 6.17. The fourth-order valence-corrected chi connectivity index (χ4v) is 0.899. The molecule has 0 saturated heterocycles. The molecule has 1 heteroatoms. The second-order valence-corrected chi connectivity index (χ2v) is 3.33. The first-order chi connectivity index (χ1) is 5.16. The van der Waals surface area contributed by atoms with Gasteiger partial charge in [-0.15, -0.1) is 0 Å². The fourth-order valence-electron chi connectivity index (χ4n) is 0.899. The Morgan fingerprint density at radius 1 is 1.45 bits per heavy atom. The molecule has 0 bridgehead atoms. The van der Waals surface area contributed by atoms with Crippen LogP contribution in [-0.4, -0.2) is 6.29 Å². The number of unbranched alkanes of at least 4 members (excludes halogenated alkanes) is 1. The normalized spacial score (nSPS) is 12.3. The molecule has 0 aromatic carbocycles. The van der Waals surface area contributed by atoms with Crippen molar-refractivity contribution < 1.29 is 4.79 Å². The molecule has 0 amide bonds. The molecule has 1 nitrogen and oxygen atoms in total. The van der Waals surface area contributed by atoms with Crippen LogP contribution in [0.5, 0.6) is 0 Å². The summed E-state index contributed by atoms with van der Waals surface area (Å²) in [6.07, 6.45) is 6.51. The van der Waals surface area contributed by atoms with Crippen molar-refractivity contribution in [3.63, 3.8) is 0 Å². The Bertz CT molecular complexity index is 132. The summed E-state index contributed by atoms with van der Waals surface area (Å²) in [7, 11) is 0. The van der Waals surface area contributed by atoms with E-state index in [0.717, 1.165) is 25.5 Å². The van der Waals surface area contributed by atoms with Crippen LogP contribution in [0.25, 0.3) is 0 Å². The smallest absolute Gasteiger partial charge is 0.122 e. The SMILES string of the molecule is CC(C)=CCCCC(C)C=O. The Hall–Kier alpha value is -0.590. The largest absolute Gasteiger partial charge is 0.303 e. The summed E-state index contributed by atoms with van der Waals surface area (Å²) in [6, 6.07) is 0. The molecular formula is C10H18O. The summed E-state index contributed by atoms with van der Waals surface area (Å²) >= 11 is 0. The van der Waals surface area contributed by atoms with Crippen LogP contribution in [0.3, 0.4) is 0 Å². The lowest BCUT2D eigenvalue weighted by molar-refractivity contribution is -0.110. The topological polar surface area (TPSA) is 17.1 Å². The monoisotopic (exact) mass is 154 g/mol. The molecule has 0 aliphatic heterocycles. The predicted octanol–water partition coefficient (Wildman–Crippen LogP) is 2.96. The lowest BCUT2D eigenvalue weighted by Gasteiger charge is -1.99. The van der Waals surface area contributed by atoms with Crippen LogP contribution >= 0.6 is 0 Å². The van der Waals surface area contributed by atoms with E-state index < -0.39 is 0 Å². The zero-order chi connectivity index (χ0) is 8.69. The second-order valence-electron chi connectivity index (χ2n) is 3.33. The average Bonchev–Trinajstić information content (AvgIpc) is 1.97. The lowest BCUT2D eigenvalue weighted by atomic mass is 10.1. The van der Waals surface area contributed by atoms with Crippen LogP contribution in [0.4, 0.5) is 0 Å². The molecule has 0 heterocycles. The van der Waals surface area contributed by atoms with E-state index in [1.165, 1.54) is 5.57 Å². The van der Waals surface area contributed by atoms with E-state index in [1.807, 2.05) is 6.92 Å². The Balaban J connectivity index is 3.28. The van der Waals surface area contributed by atoms with Gasteiger partial charge in [-0.1, -0.05) is 18.6 Å². The van der Waals surface area contributed by atoms with Crippen molar-refractivity contribution in [1.82, 2.24) is 0 Å². The minimum Gasteiger partial charge on any atom is -0.303 e. The first kappa shape index (κ1) is 10.4. The Kier molecular flexibility index (Phi) is 5.81. The minimum absolute atomic E-state index is 0.237. The van der Waals surface area contributed by atoms with Gasteiger partial charge in [0.15, 0.2) is 0 Å². The third-order valence-electron chi connectivity index (χ3n) is 1.65. The van der Waals surface area contributed by atoms with Gasteiger partial charge in [0.1, 0.15) is 6.29 Å². The Labute approximate surface area is 69.5 Å². The van der Waals surface area contributed by atoms with Gasteiger partial charge in [-0.3, -0.25) is 0 Å². The number of rotatable bonds is 5. The maximum atomic E-state index is 10.2. The molecule has 0 aromatic rings. The van der Waals surface area contributed by atoms with E-state index in [9.17, 15) is 4.79 Å². The molecule has 11 heavy (non-hydrogen) atoms. The zero-order valence-electron chi connectivity index (χ0n) is 7.76. The van der Waals surface area contributed by atoms with Crippen molar-refractivity contribution in [2.45, 2.75) is 40.0 Å². The van der Waals surface area contributed by atoms with Gasteiger partial charge < -0.3 is 4.79 Å². The zero-order valence-corrected chi connectivity index (χ0v) is 7.76. The van der Waals surface area contributed by atoms with Crippen molar-refractivity contribution in [3.05, 3.63) is 11.6 Å². The van der Waals surface area contributed by atoms with E-state index in [2.05, 4.69) is 19.9 Å². The highest BCUT2D eigenvalue weighted by molar-refractivity contribution is 5.52. The first-order valence-corrected chi connectivity index (χ1v) is 4.25. The third-order valence-corrected chi connectivity index (χ3v) is 1.65. The van der Waals surface area contributed by atoms with Gasteiger partial charge >= 0.3 is 0 Å². The Morgan fingerprint density at radius 3 is 2.55 bits per heavy atom. The van der Waals surface area contributed by atoms with Gasteiger partial charge in [-0.25, -0.2) is 0 Å². The standard InChI is InChI=1S/C10H18O/c1-9(2)6-4-5-7-10(3)8-11/h6,8,10H,4-5,7H2,1-3H3. The molecule has 0 radical (unpaired) electrons. The maximum Gasteiger partial charge on any atom is 0.122 e. The van der Waals surface area contributed by atoms with Crippen LogP contribution in [0.15, 0.2) is 11.6 Å². The van der Waals surface area contributed by atoms with E-state index in [1.54, 1.807) is 0 Å². The van der Waals surface area contributed by atoms with E-state index in [-0.39, 0.29) is 5.92 Å². The number of aldehydes is 1. The molecule has 0 rings (SSSR count). The van der Waals surface area contributed by atoms with Crippen LogP contribution in [-0.2, 0) is 4.79 Å². The van der Waals surface area contributed by atoms with Gasteiger partial charge in [-0.2, -0.15) is 0 Å². The molecular weight excluding hydrogens is 136 g/mol. The second kappa shape index (κ2) is 6.14. The number of hydrogen-bond acceptors (Lipinski definition) is 1.